The first-order valence-corrected chi connectivity index (χ1v) is 7.53. The lowest BCUT2D eigenvalue weighted by molar-refractivity contribution is 0.102. The Labute approximate surface area is 126 Å². The Morgan fingerprint density at radius 1 is 1.35 bits per heavy atom. The average molecular weight is 308 g/mol. The molecule has 0 saturated carbocycles. The number of anilines is 2. The van der Waals surface area contributed by atoms with Crippen molar-refractivity contribution in [3.63, 3.8) is 0 Å². The highest BCUT2D eigenvalue weighted by Crippen LogP contribution is 2.22. The summed E-state index contributed by atoms with van der Waals surface area (Å²) in [5.41, 5.74) is 1.13. The van der Waals surface area contributed by atoms with E-state index in [2.05, 4.69) is 15.6 Å². The van der Waals surface area contributed by atoms with Crippen molar-refractivity contribution in [1.82, 2.24) is 4.98 Å². The van der Waals surface area contributed by atoms with Crippen LogP contribution in [-0.4, -0.2) is 24.2 Å². The van der Waals surface area contributed by atoms with Gasteiger partial charge in [0.15, 0.2) is 0 Å². The highest BCUT2D eigenvalue weighted by atomic mass is 35.5. The van der Waals surface area contributed by atoms with Gasteiger partial charge in [-0.15, -0.1) is 11.8 Å². The van der Waals surface area contributed by atoms with Gasteiger partial charge in [0.1, 0.15) is 5.82 Å². The molecular formula is C14H14ClN3OS. The SMILES string of the molecule is CNc1cc(C(=O)Nc2cccc(SC)c2)c(Cl)cn1. The van der Waals surface area contributed by atoms with Crippen LogP contribution in [-0.2, 0) is 0 Å². The van der Waals surface area contributed by atoms with Gasteiger partial charge >= 0.3 is 0 Å². The monoisotopic (exact) mass is 307 g/mol. The van der Waals surface area contributed by atoms with E-state index < -0.39 is 0 Å². The molecule has 1 aromatic carbocycles. The summed E-state index contributed by atoms with van der Waals surface area (Å²) in [4.78, 5) is 17.4. The van der Waals surface area contributed by atoms with Crippen LogP contribution in [0.4, 0.5) is 11.5 Å². The van der Waals surface area contributed by atoms with Crippen LogP contribution in [0.2, 0.25) is 5.02 Å². The Hall–Kier alpha value is -1.72. The number of rotatable bonds is 4. The summed E-state index contributed by atoms with van der Waals surface area (Å²) in [6, 6.07) is 9.26. The third-order valence-electron chi connectivity index (χ3n) is 2.68. The van der Waals surface area contributed by atoms with Crippen molar-refractivity contribution in [2.45, 2.75) is 4.90 Å². The number of pyridine rings is 1. The molecule has 2 aromatic rings. The lowest BCUT2D eigenvalue weighted by Gasteiger charge is -2.09. The minimum atomic E-state index is -0.257. The Morgan fingerprint density at radius 3 is 2.85 bits per heavy atom. The highest BCUT2D eigenvalue weighted by Gasteiger charge is 2.12. The molecule has 2 rings (SSSR count). The molecule has 0 aliphatic carbocycles. The van der Waals surface area contributed by atoms with Gasteiger partial charge in [-0.05, 0) is 30.5 Å². The van der Waals surface area contributed by atoms with Crippen LogP contribution in [0.15, 0.2) is 41.4 Å². The van der Waals surface area contributed by atoms with Crippen molar-refractivity contribution in [1.29, 1.82) is 0 Å². The van der Waals surface area contributed by atoms with Crippen LogP contribution < -0.4 is 10.6 Å². The summed E-state index contributed by atoms with van der Waals surface area (Å²) >= 11 is 7.64. The van der Waals surface area contributed by atoms with E-state index in [4.69, 9.17) is 11.6 Å². The van der Waals surface area contributed by atoms with E-state index >= 15 is 0 Å². The molecule has 0 aliphatic heterocycles. The van der Waals surface area contributed by atoms with E-state index in [0.29, 0.717) is 16.4 Å². The van der Waals surface area contributed by atoms with Crippen LogP contribution in [0.5, 0.6) is 0 Å². The van der Waals surface area contributed by atoms with Crippen molar-refractivity contribution in [3.8, 4) is 0 Å². The summed E-state index contributed by atoms with van der Waals surface area (Å²) in [7, 11) is 1.74. The number of aromatic nitrogens is 1. The van der Waals surface area contributed by atoms with E-state index in [1.165, 1.54) is 6.20 Å². The zero-order valence-corrected chi connectivity index (χ0v) is 12.7. The Bertz CT molecular complexity index is 634. The molecule has 20 heavy (non-hydrogen) atoms. The summed E-state index contributed by atoms with van der Waals surface area (Å²) in [6.07, 6.45) is 3.44. The number of amides is 1. The number of hydrogen-bond acceptors (Lipinski definition) is 4. The van der Waals surface area contributed by atoms with Crippen LogP contribution >= 0.6 is 23.4 Å². The van der Waals surface area contributed by atoms with Crippen molar-refractivity contribution in [3.05, 3.63) is 47.1 Å². The smallest absolute Gasteiger partial charge is 0.257 e. The Balaban J connectivity index is 2.23. The molecule has 0 aliphatic rings. The fraction of sp³-hybridized carbons (Fsp3) is 0.143. The van der Waals surface area contributed by atoms with Crippen LogP contribution in [0.25, 0.3) is 0 Å². The fourth-order valence-corrected chi connectivity index (χ4v) is 2.30. The lowest BCUT2D eigenvalue weighted by Crippen LogP contribution is -2.13. The number of benzene rings is 1. The second-order valence-electron chi connectivity index (χ2n) is 3.99. The van der Waals surface area contributed by atoms with Crippen LogP contribution in [0, 0.1) is 0 Å². The van der Waals surface area contributed by atoms with Crippen molar-refractivity contribution >= 4 is 40.8 Å². The largest absolute Gasteiger partial charge is 0.373 e. The normalized spacial score (nSPS) is 10.2. The molecule has 0 fully saturated rings. The molecule has 1 heterocycles. The van der Waals surface area contributed by atoms with Crippen molar-refractivity contribution in [2.24, 2.45) is 0 Å². The molecule has 0 radical (unpaired) electrons. The van der Waals surface area contributed by atoms with E-state index in [1.807, 2.05) is 30.5 Å². The maximum Gasteiger partial charge on any atom is 0.257 e. The summed E-state index contributed by atoms with van der Waals surface area (Å²) in [6.45, 7) is 0. The molecule has 0 saturated heterocycles. The van der Waals surface area contributed by atoms with Crippen LogP contribution in [0.3, 0.4) is 0 Å². The maximum atomic E-state index is 12.2. The van der Waals surface area contributed by atoms with Gasteiger partial charge in [-0.2, -0.15) is 0 Å². The highest BCUT2D eigenvalue weighted by molar-refractivity contribution is 7.98. The predicted molar refractivity (Wildman–Crippen MR) is 85.0 cm³/mol. The fourth-order valence-electron chi connectivity index (χ4n) is 1.65. The molecule has 0 spiro atoms. The molecule has 1 aromatic heterocycles. The van der Waals surface area contributed by atoms with Gasteiger partial charge in [-0.3, -0.25) is 4.79 Å². The van der Waals surface area contributed by atoms with Gasteiger partial charge in [0.25, 0.3) is 5.91 Å². The maximum absolute atomic E-state index is 12.2. The number of nitrogens with zero attached hydrogens (tertiary/aromatic N) is 1. The minimum Gasteiger partial charge on any atom is -0.373 e. The van der Waals surface area contributed by atoms with Gasteiger partial charge in [-0.25, -0.2) is 4.98 Å². The van der Waals surface area contributed by atoms with E-state index in [1.54, 1.807) is 24.9 Å². The van der Waals surface area contributed by atoms with Crippen molar-refractivity contribution in [2.75, 3.05) is 23.9 Å². The molecular weight excluding hydrogens is 294 g/mol. The molecule has 1 amide bonds. The molecule has 104 valence electrons. The topological polar surface area (TPSA) is 54.0 Å². The number of nitrogens with one attached hydrogen (secondary N) is 2. The van der Waals surface area contributed by atoms with E-state index in [9.17, 15) is 4.79 Å². The van der Waals surface area contributed by atoms with Crippen molar-refractivity contribution < 1.29 is 4.79 Å². The Morgan fingerprint density at radius 2 is 2.15 bits per heavy atom. The quantitative estimate of drug-likeness (QED) is 0.845. The molecule has 6 heteroatoms. The van der Waals surface area contributed by atoms with Gasteiger partial charge in [0, 0.05) is 23.8 Å². The number of thioether (sulfide) groups is 1. The standard InChI is InChI=1S/C14H14ClN3OS/c1-16-13-7-11(12(15)8-17-13)14(19)18-9-4-3-5-10(6-9)20-2/h3-8H,1-2H3,(H,16,17)(H,18,19). The second-order valence-corrected chi connectivity index (χ2v) is 5.27. The zero-order chi connectivity index (χ0) is 14.5. The molecule has 0 unspecified atom stereocenters. The first-order chi connectivity index (χ1) is 9.63. The number of carbonyl (C=O) groups is 1. The van der Waals surface area contributed by atoms with Gasteiger partial charge in [0.05, 0.1) is 10.6 Å². The molecule has 4 nitrogen and oxygen atoms in total. The third kappa shape index (κ3) is 3.43. The zero-order valence-electron chi connectivity index (χ0n) is 11.1. The second kappa shape index (κ2) is 6.63. The summed E-state index contributed by atoms with van der Waals surface area (Å²) in [5, 5.41) is 6.03. The Kier molecular flexibility index (Phi) is 4.87. The summed E-state index contributed by atoms with van der Waals surface area (Å²) in [5.74, 6) is 0.338. The molecule has 0 bridgehead atoms. The van der Waals surface area contributed by atoms with E-state index in [-0.39, 0.29) is 5.91 Å². The summed E-state index contributed by atoms with van der Waals surface area (Å²) < 4.78 is 0. The number of halogens is 1. The van der Waals surface area contributed by atoms with E-state index in [0.717, 1.165) is 10.6 Å². The first kappa shape index (κ1) is 14.7. The molecule has 2 N–H and O–H groups in total. The minimum absolute atomic E-state index is 0.257. The van der Waals surface area contributed by atoms with Gasteiger partial charge < -0.3 is 10.6 Å². The predicted octanol–water partition coefficient (Wildman–Crippen LogP) is 3.75. The van der Waals surface area contributed by atoms with Crippen LogP contribution in [0.1, 0.15) is 10.4 Å². The lowest BCUT2D eigenvalue weighted by atomic mass is 10.2. The average Bonchev–Trinajstić information content (AvgIpc) is 2.47. The number of hydrogen-bond donors (Lipinski definition) is 2. The first-order valence-electron chi connectivity index (χ1n) is 5.92. The third-order valence-corrected chi connectivity index (χ3v) is 3.71. The number of carbonyl (C=O) groups excluding carboxylic acids is 1. The molecule has 0 atom stereocenters. The van der Waals surface area contributed by atoms with Gasteiger partial charge in [0.2, 0.25) is 0 Å². The van der Waals surface area contributed by atoms with Gasteiger partial charge in [-0.1, -0.05) is 17.7 Å².